The van der Waals surface area contributed by atoms with Gasteiger partial charge >= 0.3 is 0 Å². The quantitative estimate of drug-likeness (QED) is 0.846. The third-order valence-electron chi connectivity index (χ3n) is 3.76. The van der Waals surface area contributed by atoms with E-state index in [1.165, 1.54) is 12.8 Å². The van der Waals surface area contributed by atoms with Gasteiger partial charge in [0.2, 0.25) is 5.91 Å². The topological polar surface area (TPSA) is 50.4 Å². The van der Waals surface area contributed by atoms with Crippen LogP contribution in [-0.2, 0) is 11.2 Å². The maximum atomic E-state index is 11.9. The largest absolute Gasteiger partial charge is 0.497 e. The molecule has 5 heteroatoms. The molecule has 0 saturated carbocycles. The van der Waals surface area contributed by atoms with Gasteiger partial charge in [0, 0.05) is 13.0 Å². The number of hydrogen-bond donors (Lipinski definition) is 2. The van der Waals surface area contributed by atoms with Gasteiger partial charge in [0.1, 0.15) is 5.75 Å². The minimum Gasteiger partial charge on any atom is -0.497 e. The van der Waals surface area contributed by atoms with E-state index in [9.17, 15) is 4.79 Å². The van der Waals surface area contributed by atoms with Crippen molar-refractivity contribution in [2.45, 2.75) is 25.7 Å². The molecule has 1 aromatic carbocycles. The Hall–Kier alpha value is -1.26. The van der Waals surface area contributed by atoms with Crippen molar-refractivity contribution in [1.82, 2.24) is 10.6 Å². The van der Waals surface area contributed by atoms with E-state index in [1.807, 2.05) is 24.3 Å². The molecule has 118 valence electrons. The predicted octanol–water partition coefficient (Wildman–Crippen LogP) is 2.17. The van der Waals surface area contributed by atoms with Crippen molar-refractivity contribution in [3.05, 3.63) is 29.8 Å². The molecule has 1 amide bonds. The van der Waals surface area contributed by atoms with Crippen molar-refractivity contribution >= 4 is 18.3 Å². The molecule has 1 aromatic rings. The molecule has 21 heavy (non-hydrogen) atoms. The SMILES string of the molecule is COc1cccc(CCC(=O)NCC2CCCNC2)c1.Cl. The Morgan fingerprint density at radius 1 is 1.48 bits per heavy atom. The van der Waals surface area contributed by atoms with Crippen molar-refractivity contribution in [2.24, 2.45) is 5.92 Å². The molecule has 2 rings (SSSR count). The Morgan fingerprint density at radius 3 is 3.05 bits per heavy atom. The van der Waals surface area contributed by atoms with E-state index in [0.29, 0.717) is 12.3 Å². The zero-order valence-corrected chi connectivity index (χ0v) is 13.4. The summed E-state index contributed by atoms with van der Waals surface area (Å²) in [6.07, 6.45) is 3.72. The van der Waals surface area contributed by atoms with Gasteiger partial charge in [-0.15, -0.1) is 12.4 Å². The van der Waals surface area contributed by atoms with Crippen LogP contribution >= 0.6 is 12.4 Å². The minimum atomic E-state index is 0. The van der Waals surface area contributed by atoms with E-state index < -0.39 is 0 Å². The zero-order chi connectivity index (χ0) is 14.2. The van der Waals surface area contributed by atoms with Crippen LogP contribution in [0.15, 0.2) is 24.3 Å². The van der Waals surface area contributed by atoms with Crippen molar-refractivity contribution in [1.29, 1.82) is 0 Å². The van der Waals surface area contributed by atoms with Crippen LogP contribution in [0.2, 0.25) is 0 Å². The van der Waals surface area contributed by atoms with Crippen LogP contribution in [0.5, 0.6) is 5.75 Å². The lowest BCUT2D eigenvalue weighted by atomic mass is 10.00. The molecule has 0 aromatic heterocycles. The molecular formula is C16H25ClN2O2. The average Bonchev–Trinajstić information content (AvgIpc) is 2.52. The highest BCUT2D eigenvalue weighted by molar-refractivity contribution is 5.85. The third-order valence-corrected chi connectivity index (χ3v) is 3.76. The third kappa shape index (κ3) is 6.36. The first-order valence-corrected chi connectivity index (χ1v) is 7.38. The summed E-state index contributed by atoms with van der Waals surface area (Å²) in [5, 5.41) is 6.40. The lowest BCUT2D eigenvalue weighted by Gasteiger charge is -2.22. The van der Waals surface area contributed by atoms with Crippen LogP contribution in [0.25, 0.3) is 0 Å². The van der Waals surface area contributed by atoms with Gasteiger partial charge in [0.25, 0.3) is 0 Å². The first-order valence-electron chi connectivity index (χ1n) is 7.38. The van der Waals surface area contributed by atoms with E-state index >= 15 is 0 Å². The van der Waals surface area contributed by atoms with Crippen LogP contribution in [0.3, 0.4) is 0 Å². The fourth-order valence-corrected chi connectivity index (χ4v) is 2.53. The second-order valence-electron chi connectivity index (χ2n) is 5.37. The molecule has 1 heterocycles. The van der Waals surface area contributed by atoms with Gasteiger partial charge in [0.15, 0.2) is 0 Å². The van der Waals surface area contributed by atoms with E-state index in [-0.39, 0.29) is 18.3 Å². The Labute approximate surface area is 133 Å². The number of carbonyl (C=O) groups is 1. The van der Waals surface area contributed by atoms with Gasteiger partial charge in [-0.2, -0.15) is 0 Å². The number of halogens is 1. The second-order valence-corrected chi connectivity index (χ2v) is 5.37. The lowest BCUT2D eigenvalue weighted by Crippen LogP contribution is -2.38. The Balaban J connectivity index is 0.00000220. The molecule has 4 nitrogen and oxygen atoms in total. The van der Waals surface area contributed by atoms with Gasteiger partial charge in [-0.05, 0) is 56.0 Å². The molecule has 1 saturated heterocycles. The van der Waals surface area contributed by atoms with Gasteiger partial charge < -0.3 is 15.4 Å². The van der Waals surface area contributed by atoms with Crippen molar-refractivity contribution in [3.63, 3.8) is 0 Å². The van der Waals surface area contributed by atoms with E-state index in [2.05, 4.69) is 10.6 Å². The molecule has 1 fully saturated rings. The predicted molar refractivity (Wildman–Crippen MR) is 87.2 cm³/mol. The first-order chi connectivity index (χ1) is 9.78. The molecule has 2 N–H and O–H groups in total. The van der Waals surface area contributed by atoms with Crippen LogP contribution < -0.4 is 15.4 Å². The number of benzene rings is 1. The zero-order valence-electron chi connectivity index (χ0n) is 12.6. The summed E-state index contributed by atoms with van der Waals surface area (Å²) >= 11 is 0. The number of ether oxygens (including phenoxy) is 1. The summed E-state index contributed by atoms with van der Waals surface area (Å²) in [5.41, 5.74) is 1.14. The van der Waals surface area contributed by atoms with Crippen LogP contribution in [0, 0.1) is 5.92 Å². The molecule has 1 aliphatic rings. The number of nitrogens with one attached hydrogen (secondary N) is 2. The summed E-state index contributed by atoms with van der Waals surface area (Å²) in [6.45, 7) is 2.93. The molecular weight excluding hydrogens is 288 g/mol. The molecule has 1 aliphatic heterocycles. The van der Waals surface area contributed by atoms with Gasteiger partial charge in [-0.3, -0.25) is 4.79 Å². The van der Waals surface area contributed by atoms with E-state index in [4.69, 9.17) is 4.74 Å². The first kappa shape index (κ1) is 17.8. The maximum Gasteiger partial charge on any atom is 0.220 e. The highest BCUT2D eigenvalue weighted by Crippen LogP contribution is 2.14. The number of methoxy groups -OCH3 is 1. The van der Waals surface area contributed by atoms with Crippen molar-refractivity contribution in [3.8, 4) is 5.75 Å². The lowest BCUT2D eigenvalue weighted by molar-refractivity contribution is -0.121. The standard InChI is InChI=1S/C16H24N2O2.ClH/c1-20-15-6-2-4-13(10-15)7-8-16(19)18-12-14-5-3-9-17-11-14;/h2,4,6,10,14,17H,3,5,7-9,11-12H2,1H3,(H,18,19);1H. The number of amides is 1. The number of aryl methyl sites for hydroxylation is 1. The molecule has 0 aliphatic carbocycles. The minimum absolute atomic E-state index is 0. The van der Waals surface area contributed by atoms with Crippen LogP contribution in [0.4, 0.5) is 0 Å². The van der Waals surface area contributed by atoms with Crippen molar-refractivity contribution in [2.75, 3.05) is 26.7 Å². The fraction of sp³-hybridized carbons (Fsp3) is 0.562. The highest BCUT2D eigenvalue weighted by Gasteiger charge is 2.13. The fourth-order valence-electron chi connectivity index (χ4n) is 2.53. The van der Waals surface area contributed by atoms with Crippen LogP contribution in [0.1, 0.15) is 24.8 Å². The highest BCUT2D eigenvalue weighted by atomic mass is 35.5. The summed E-state index contributed by atoms with van der Waals surface area (Å²) in [6, 6.07) is 7.89. The molecule has 0 radical (unpaired) electrons. The van der Waals surface area contributed by atoms with Gasteiger partial charge in [-0.25, -0.2) is 0 Å². The second kappa shape index (κ2) is 9.64. The van der Waals surface area contributed by atoms with Gasteiger partial charge in [-0.1, -0.05) is 12.1 Å². The number of hydrogen-bond acceptors (Lipinski definition) is 3. The Bertz CT molecular complexity index is 434. The Kier molecular flexibility index (Phi) is 8.16. The number of piperidine rings is 1. The summed E-state index contributed by atoms with van der Waals surface area (Å²) in [4.78, 5) is 11.9. The number of rotatable bonds is 6. The summed E-state index contributed by atoms with van der Waals surface area (Å²) < 4.78 is 5.18. The monoisotopic (exact) mass is 312 g/mol. The maximum absolute atomic E-state index is 11.9. The molecule has 1 atom stereocenters. The van der Waals surface area contributed by atoms with Gasteiger partial charge in [0.05, 0.1) is 7.11 Å². The summed E-state index contributed by atoms with van der Waals surface area (Å²) in [7, 11) is 1.66. The van der Waals surface area contributed by atoms with E-state index in [1.54, 1.807) is 7.11 Å². The normalized spacial score (nSPS) is 17.7. The molecule has 1 unspecified atom stereocenters. The molecule has 0 spiro atoms. The van der Waals surface area contributed by atoms with E-state index in [0.717, 1.165) is 37.4 Å². The smallest absolute Gasteiger partial charge is 0.220 e. The van der Waals surface area contributed by atoms with Crippen molar-refractivity contribution < 1.29 is 9.53 Å². The molecule has 0 bridgehead atoms. The Morgan fingerprint density at radius 2 is 2.33 bits per heavy atom. The summed E-state index contributed by atoms with van der Waals surface area (Å²) in [5.74, 6) is 1.57. The number of carbonyl (C=O) groups excluding carboxylic acids is 1. The van der Waals surface area contributed by atoms with Crippen LogP contribution in [-0.4, -0.2) is 32.7 Å². The average molecular weight is 313 g/mol.